The van der Waals surface area contributed by atoms with Crippen molar-refractivity contribution in [2.45, 2.75) is 6.92 Å². The molecule has 12 heavy (non-hydrogen) atoms. The Labute approximate surface area is 113 Å². The summed E-state index contributed by atoms with van der Waals surface area (Å²) in [6.45, 7) is 1.08. The van der Waals surface area contributed by atoms with Gasteiger partial charge in [0.15, 0.2) is 0 Å². The summed E-state index contributed by atoms with van der Waals surface area (Å²) >= 11 is 0. The molecule has 4 heteroatoms. The van der Waals surface area contributed by atoms with Gasteiger partial charge in [-0.05, 0) is 24.3 Å². The number of H-pyrrole nitrogens is 1. The Balaban J connectivity index is 0.000000217. The Kier molecular flexibility index (Phi) is 5.78. The summed E-state index contributed by atoms with van der Waals surface area (Å²) in [5.74, 6) is -0.833. The van der Waals surface area contributed by atoms with Crippen molar-refractivity contribution in [1.29, 1.82) is 0 Å². The molecule has 0 saturated heterocycles. The predicted molar refractivity (Wildman–Crippen MR) is 49.9 cm³/mol. The van der Waals surface area contributed by atoms with Crippen LogP contribution in [0.2, 0.25) is 0 Å². The third-order valence-corrected chi connectivity index (χ3v) is 1.17. The second-order valence-electron chi connectivity index (χ2n) is 2.22. The van der Waals surface area contributed by atoms with Gasteiger partial charge in [-0.2, -0.15) is 0 Å². The van der Waals surface area contributed by atoms with E-state index in [0.29, 0.717) is 0 Å². The molecule has 0 spiro atoms. The molecular weight excluding hydrogens is 181 g/mol. The van der Waals surface area contributed by atoms with E-state index in [4.69, 9.17) is 9.90 Å². The standard InChI is InChI=1S/C6H5N.C2H4O2.K.H/c1-2-6-4-3-5(1)7-6;1-2(3)4;;/h1-4,7H;1H3,(H,3,4);;. The summed E-state index contributed by atoms with van der Waals surface area (Å²) in [5.41, 5.74) is 2.44. The fourth-order valence-corrected chi connectivity index (χ4v) is 0.804. The van der Waals surface area contributed by atoms with Gasteiger partial charge < -0.3 is 10.1 Å². The first-order chi connectivity index (χ1) is 5.18. The summed E-state index contributed by atoms with van der Waals surface area (Å²) in [6.07, 6.45) is 0. The van der Waals surface area contributed by atoms with E-state index in [2.05, 4.69) is 29.2 Å². The first kappa shape index (κ1) is 12.1. The summed E-state index contributed by atoms with van der Waals surface area (Å²) in [4.78, 5) is 12.1. The van der Waals surface area contributed by atoms with Crippen molar-refractivity contribution in [3.63, 3.8) is 0 Å². The van der Waals surface area contributed by atoms with Crippen LogP contribution in [0.5, 0.6) is 0 Å². The van der Waals surface area contributed by atoms with Gasteiger partial charge in [0.2, 0.25) is 0 Å². The van der Waals surface area contributed by atoms with Gasteiger partial charge in [-0.15, -0.1) is 0 Å². The molecule has 2 N–H and O–H groups in total. The van der Waals surface area contributed by atoms with E-state index in [1.807, 2.05) is 0 Å². The molecule has 0 aliphatic heterocycles. The van der Waals surface area contributed by atoms with Crippen molar-refractivity contribution >= 4 is 68.4 Å². The van der Waals surface area contributed by atoms with E-state index < -0.39 is 5.97 Å². The Hall–Kier alpha value is 0.126. The summed E-state index contributed by atoms with van der Waals surface area (Å²) in [7, 11) is 0. The monoisotopic (exact) mass is 191 g/mol. The number of aliphatic carboxylic acids is 1. The molecule has 60 valence electrons. The second-order valence-corrected chi connectivity index (χ2v) is 2.22. The smallest absolute Gasteiger partial charge is 0.0385 e. The van der Waals surface area contributed by atoms with Gasteiger partial charge in [0.1, 0.15) is 0 Å². The molecule has 3 nitrogen and oxygen atoms in total. The average molecular weight is 191 g/mol. The van der Waals surface area contributed by atoms with Crippen LogP contribution in [0.1, 0.15) is 6.92 Å². The fraction of sp³-hybridized carbons (Fsp3) is 0.125. The van der Waals surface area contributed by atoms with Crippen molar-refractivity contribution in [3.05, 3.63) is 24.3 Å². The van der Waals surface area contributed by atoms with Crippen LogP contribution in [0.25, 0.3) is 11.0 Å². The number of carboxylic acid groups (broad SMARTS) is 1. The number of hydrogen-bond donors (Lipinski definition) is 2. The zero-order valence-corrected chi connectivity index (χ0v) is 6.16. The van der Waals surface area contributed by atoms with Crippen LogP contribution in [-0.4, -0.2) is 67.4 Å². The predicted octanol–water partition coefficient (Wildman–Crippen LogP) is 1.05. The van der Waals surface area contributed by atoms with Crippen molar-refractivity contribution < 1.29 is 9.90 Å². The quantitative estimate of drug-likeness (QED) is 0.611. The topological polar surface area (TPSA) is 53.1 Å². The fourth-order valence-electron chi connectivity index (χ4n) is 0.804. The van der Waals surface area contributed by atoms with Gasteiger partial charge >= 0.3 is 51.4 Å². The van der Waals surface area contributed by atoms with E-state index in [-0.39, 0.29) is 51.4 Å². The molecule has 2 aromatic heterocycles. The molecule has 0 unspecified atom stereocenters. The van der Waals surface area contributed by atoms with Crippen LogP contribution >= 0.6 is 0 Å². The van der Waals surface area contributed by atoms with Gasteiger partial charge in [-0.1, -0.05) is 0 Å². The summed E-state index contributed by atoms with van der Waals surface area (Å²) in [6, 6.07) is 8.26. The number of carbonyl (C=O) groups is 1. The van der Waals surface area contributed by atoms with E-state index >= 15 is 0 Å². The number of benzene rings is 1. The molecule has 2 rings (SSSR count). The maximum Gasteiger partial charge on any atom is 0.0385 e. The number of rotatable bonds is 0. The Morgan fingerprint density at radius 1 is 1.25 bits per heavy atom. The SMILES string of the molecule is CC(=O)O.[KH].c1cc2ccc1[nH]2. The minimum atomic E-state index is -0.833. The van der Waals surface area contributed by atoms with Gasteiger partial charge in [-0.3, -0.25) is 4.79 Å². The van der Waals surface area contributed by atoms with Crippen molar-refractivity contribution in [2.75, 3.05) is 0 Å². The van der Waals surface area contributed by atoms with Crippen LogP contribution in [0.15, 0.2) is 24.3 Å². The maximum atomic E-state index is 9.00. The molecule has 2 heterocycles. The van der Waals surface area contributed by atoms with Gasteiger partial charge in [0, 0.05) is 18.0 Å². The molecular formula is C8H10KNO2. The summed E-state index contributed by atoms with van der Waals surface area (Å²) < 4.78 is 0. The molecule has 2 aromatic rings. The molecule has 0 fully saturated rings. The summed E-state index contributed by atoms with van der Waals surface area (Å²) in [5, 5.41) is 7.42. The van der Waals surface area contributed by atoms with Crippen molar-refractivity contribution in [1.82, 2.24) is 4.98 Å². The van der Waals surface area contributed by atoms with E-state index in [0.717, 1.165) is 6.92 Å². The minimum Gasteiger partial charge on any atom is -0.356 e. The number of aromatic amines is 1. The Morgan fingerprint density at radius 3 is 1.58 bits per heavy atom. The third-order valence-electron chi connectivity index (χ3n) is 1.17. The van der Waals surface area contributed by atoms with Crippen molar-refractivity contribution in [3.8, 4) is 0 Å². The van der Waals surface area contributed by atoms with Gasteiger partial charge in [-0.25, -0.2) is 0 Å². The molecule has 0 saturated carbocycles. The Morgan fingerprint density at radius 2 is 1.50 bits per heavy atom. The van der Waals surface area contributed by atoms with Gasteiger partial charge in [0.05, 0.1) is 0 Å². The zero-order chi connectivity index (χ0) is 8.27. The number of fused-ring (bicyclic) bond motifs is 2. The van der Waals surface area contributed by atoms with Crippen LogP contribution in [0.3, 0.4) is 0 Å². The first-order valence-corrected chi connectivity index (χ1v) is 3.25. The maximum absolute atomic E-state index is 9.00. The van der Waals surface area contributed by atoms with E-state index in [1.54, 1.807) is 0 Å². The second kappa shape index (κ2) is 5.72. The van der Waals surface area contributed by atoms with Gasteiger partial charge in [0.25, 0.3) is 5.97 Å². The molecule has 0 aliphatic rings. The third kappa shape index (κ3) is 4.23. The van der Waals surface area contributed by atoms with Crippen molar-refractivity contribution in [2.24, 2.45) is 0 Å². The Bertz CT molecular complexity index is 282. The first-order valence-electron chi connectivity index (χ1n) is 3.25. The van der Waals surface area contributed by atoms with Crippen LogP contribution in [-0.2, 0) is 4.79 Å². The van der Waals surface area contributed by atoms with Crippen LogP contribution < -0.4 is 0 Å². The van der Waals surface area contributed by atoms with Crippen LogP contribution in [0, 0.1) is 0 Å². The largest absolute Gasteiger partial charge is 0.356 e. The molecule has 0 amide bonds. The number of aromatic nitrogens is 1. The number of carboxylic acids is 1. The molecule has 2 bridgehead atoms. The normalized spacial score (nSPS) is 8.42. The van der Waals surface area contributed by atoms with Crippen LogP contribution in [0.4, 0.5) is 0 Å². The minimum absolute atomic E-state index is 0. The van der Waals surface area contributed by atoms with E-state index in [9.17, 15) is 0 Å². The number of hydrogen-bond acceptors (Lipinski definition) is 1. The number of nitrogens with one attached hydrogen (secondary N) is 1. The molecule has 0 atom stereocenters. The van der Waals surface area contributed by atoms with E-state index in [1.165, 1.54) is 11.0 Å². The zero-order valence-electron chi connectivity index (χ0n) is 6.16. The molecule has 0 aromatic carbocycles. The molecule has 0 radical (unpaired) electrons. The average Bonchev–Trinajstić information content (AvgIpc) is 2.45. The molecule has 0 aliphatic carbocycles.